The van der Waals surface area contributed by atoms with E-state index in [4.69, 9.17) is 9.72 Å². The molecule has 24 heavy (non-hydrogen) atoms. The molecule has 3 fully saturated rings. The average Bonchev–Trinajstić information content (AvgIpc) is 3.24. The molecule has 0 unspecified atom stereocenters. The van der Waals surface area contributed by atoms with Crippen molar-refractivity contribution in [3.05, 3.63) is 41.1 Å². The Kier molecular flexibility index (Phi) is 2.86. The van der Waals surface area contributed by atoms with Crippen molar-refractivity contribution in [1.29, 1.82) is 0 Å². The summed E-state index contributed by atoms with van der Waals surface area (Å²) in [5.74, 6) is -0.0243. The number of fused-ring (bicyclic) bond motifs is 3. The summed E-state index contributed by atoms with van der Waals surface area (Å²) >= 11 is 0. The topological polar surface area (TPSA) is 71.5 Å². The number of ether oxygens (including phenoxy) is 1. The maximum absolute atomic E-state index is 13.1. The van der Waals surface area contributed by atoms with E-state index < -0.39 is 5.60 Å². The summed E-state index contributed by atoms with van der Waals surface area (Å²) in [6, 6.07) is 7.88. The number of nitrogens with one attached hydrogen (secondary N) is 1. The van der Waals surface area contributed by atoms with Gasteiger partial charge < -0.3 is 15.2 Å². The summed E-state index contributed by atoms with van der Waals surface area (Å²) < 4.78 is 5.71. The lowest BCUT2D eigenvalue weighted by molar-refractivity contribution is -0.0494. The van der Waals surface area contributed by atoms with Crippen LogP contribution in [0.15, 0.2) is 24.3 Å². The van der Waals surface area contributed by atoms with Crippen molar-refractivity contribution < 1.29 is 14.6 Å². The van der Waals surface area contributed by atoms with E-state index in [1.165, 1.54) is 0 Å². The monoisotopic (exact) mass is 324 g/mol. The Labute approximate surface area is 140 Å². The number of hydrogen-bond acceptors (Lipinski definition) is 4. The number of rotatable bonds is 3. The zero-order valence-electron chi connectivity index (χ0n) is 13.5. The maximum Gasteiger partial charge on any atom is 0.252 e. The maximum atomic E-state index is 13.1. The molecule has 2 aromatic rings. The van der Waals surface area contributed by atoms with Gasteiger partial charge in [-0.1, -0.05) is 18.2 Å². The summed E-state index contributed by atoms with van der Waals surface area (Å²) in [4.78, 5) is 17.9. The SMILES string of the molecule is O=C(NC12COC(CO)(C1)C2)c1c2c(nc3ccccc13)CCC2. The number of amides is 1. The molecule has 2 saturated heterocycles. The summed E-state index contributed by atoms with van der Waals surface area (Å²) in [5.41, 5.74) is 3.12. The molecular formula is C19H20N2O3. The number of para-hydroxylation sites is 1. The minimum absolute atomic E-state index is 0.0243. The first kappa shape index (κ1) is 14.4. The molecule has 5 nitrogen and oxygen atoms in total. The van der Waals surface area contributed by atoms with Gasteiger partial charge in [0.05, 0.1) is 35.4 Å². The number of carbonyl (C=O) groups is 1. The Balaban J connectivity index is 1.54. The predicted octanol–water partition coefficient (Wildman–Crippen LogP) is 1.75. The fourth-order valence-electron chi connectivity index (χ4n) is 4.73. The molecule has 6 rings (SSSR count). The van der Waals surface area contributed by atoms with Gasteiger partial charge in [0, 0.05) is 23.9 Å². The van der Waals surface area contributed by atoms with E-state index in [1.54, 1.807) is 0 Å². The van der Waals surface area contributed by atoms with E-state index in [1.807, 2.05) is 24.3 Å². The first-order chi connectivity index (χ1) is 11.6. The second kappa shape index (κ2) is 4.77. The van der Waals surface area contributed by atoms with Gasteiger partial charge in [-0.25, -0.2) is 0 Å². The first-order valence-corrected chi connectivity index (χ1v) is 8.62. The van der Waals surface area contributed by atoms with Gasteiger partial charge in [-0.3, -0.25) is 9.78 Å². The quantitative estimate of drug-likeness (QED) is 0.902. The Hall–Kier alpha value is -1.98. The molecule has 0 radical (unpaired) electrons. The summed E-state index contributed by atoms with van der Waals surface area (Å²) in [6.45, 7) is 0.517. The van der Waals surface area contributed by atoms with Gasteiger partial charge >= 0.3 is 0 Å². The molecule has 2 aliphatic carbocycles. The van der Waals surface area contributed by atoms with E-state index in [0.29, 0.717) is 19.4 Å². The van der Waals surface area contributed by atoms with Gasteiger partial charge in [-0.05, 0) is 30.9 Å². The van der Waals surface area contributed by atoms with Crippen molar-refractivity contribution in [2.75, 3.05) is 13.2 Å². The number of nitrogens with zero attached hydrogens (tertiary/aromatic N) is 1. The van der Waals surface area contributed by atoms with Crippen LogP contribution in [0.3, 0.4) is 0 Å². The average molecular weight is 324 g/mol. The van der Waals surface area contributed by atoms with Crippen molar-refractivity contribution in [2.45, 2.75) is 43.2 Å². The molecule has 2 aliphatic heterocycles. The van der Waals surface area contributed by atoms with E-state index in [9.17, 15) is 9.90 Å². The fourth-order valence-corrected chi connectivity index (χ4v) is 4.73. The lowest BCUT2D eigenvalue weighted by Gasteiger charge is -2.43. The minimum atomic E-state index is -0.421. The van der Waals surface area contributed by atoms with Crippen LogP contribution in [0.2, 0.25) is 0 Å². The van der Waals surface area contributed by atoms with Gasteiger partial charge in [0.1, 0.15) is 0 Å². The van der Waals surface area contributed by atoms with Gasteiger partial charge in [0.25, 0.3) is 5.91 Å². The number of benzene rings is 1. The van der Waals surface area contributed by atoms with Gasteiger partial charge in [0.15, 0.2) is 0 Å². The Bertz CT molecular complexity index is 855. The third kappa shape index (κ3) is 1.88. The normalized spacial score (nSPS) is 30.2. The number of hydrogen-bond donors (Lipinski definition) is 2. The predicted molar refractivity (Wildman–Crippen MR) is 89.0 cm³/mol. The molecule has 4 aliphatic rings. The smallest absolute Gasteiger partial charge is 0.252 e. The van der Waals surface area contributed by atoms with Crippen LogP contribution in [-0.4, -0.2) is 40.4 Å². The number of aromatic nitrogens is 1. The molecule has 2 bridgehead atoms. The summed E-state index contributed by atoms with van der Waals surface area (Å²) in [6.07, 6.45) is 4.32. The molecule has 1 saturated carbocycles. The second-order valence-corrected chi connectivity index (χ2v) is 7.50. The molecule has 1 aromatic carbocycles. The standard InChI is InChI=1S/C19H20N2O3/c22-10-19-8-18(9-19,11-24-19)21-17(23)16-12-4-1-2-6-14(12)20-15-7-3-5-13(15)16/h1-2,4,6,22H,3,5,7-11H2,(H,21,23). The molecule has 0 atom stereocenters. The van der Waals surface area contributed by atoms with Crippen LogP contribution in [-0.2, 0) is 17.6 Å². The van der Waals surface area contributed by atoms with Crippen molar-refractivity contribution >= 4 is 16.8 Å². The zero-order valence-corrected chi connectivity index (χ0v) is 13.5. The Morgan fingerprint density at radius 1 is 1.29 bits per heavy atom. The van der Waals surface area contributed by atoms with E-state index in [-0.39, 0.29) is 18.1 Å². The number of aliphatic hydroxyl groups excluding tert-OH is 1. The van der Waals surface area contributed by atoms with E-state index in [0.717, 1.165) is 47.0 Å². The third-order valence-electron chi connectivity index (χ3n) is 5.79. The van der Waals surface area contributed by atoms with Crippen LogP contribution in [0, 0.1) is 0 Å². The first-order valence-electron chi connectivity index (χ1n) is 8.62. The van der Waals surface area contributed by atoms with Gasteiger partial charge in [-0.15, -0.1) is 0 Å². The highest BCUT2D eigenvalue weighted by Crippen LogP contribution is 2.51. The highest BCUT2D eigenvalue weighted by molar-refractivity contribution is 6.08. The number of carbonyl (C=O) groups excluding carboxylic acids is 1. The van der Waals surface area contributed by atoms with Gasteiger partial charge in [-0.2, -0.15) is 0 Å². The fraction of sp³-hybridized carbons (Fsp3) is 0.474. The van der Waals surface area contributed by atoms with Crippen LogP contribution >= 0.6 is 0 Å². The van der Waals surface area contributed by atoms with Crippen molar-refractivity contribution in [3.63, 3.8) is 0 Å². The number of aryl methyl sites for hydroxylation is 1. The van der Waals surface area contributed by atoms with Crippen LogP contribution in [0.25, 0.3) is 10.9 Å². The second-order valence-electron chi connectivity index (χ2n) is 7.50. The summed E-state index contributed by atoms with van der Waals surface area (Å²) in [7, 11) is 0. The summed E-state index contributed by atoms with van der Waals surface area (Å²) in [5, 5.41) is 13.6. The molecule has 2 N–H and O–H groups in total. The highest BCUT2D eigenvalue weighted by atomic mass is 16.5. The van der Waals surface area contributed by atoms with Crippen LogP contribution < -0.4 is 5.32 Å². The highest BCUT2D eigenvalue weighted by Gasteiger charge is 2.63. The lowest BCUT2D eigenvalue weighted by Crippen LogP contribution is -2.60. The molecular weight excluding hydrogens is 304 g/mol. The van der Waals surface area contributed by atoms with E-state index in [2.05, 4.69) is 5.32 Å². The number of pyridine rings is 1. The molecule has 1 amide bonds. The van der Waals surface area contributed by atoms with Gasteiger partial charge in [0.2, 0.25) is 0 Å². The van der Waals surface area contributed by atoms with Crippen LogP contribution in [0.5, 0.6) is 0 Å². The Morgan fingerprint density at radius 3 is 2.92 bits per heavy atom. The Morgan fingerprint density at radius 2 is 2.12 bits per heavy atom. The van der Waals surface area contributed by atoms with Crippen LogP contribution in [0.4, 0.5) is 0 Å². The van der Waals surface area contributed by atoms with Crippen LogP contribution in [0.1, 0.15) is 40.9 Å². The zero-order chi connectivity index (χ0) is 16.4. The third-order valence-corrected chi connectivity index (χ3v) is 5.79. The van der Waals surface area contributed by atoms with Crippen molar-refractivity contribution in [3.8, 4) is 0 Å². The molecule has 124 valence electrons. The lowest BCUT2D eigenvalue weighted by atomic mass is 9.68. The molecule has 3 heterocycles. The largest absolute Gasteiger partial charge is 0.393 e. The molecule has 0 spiro atoms. The molecule has 5 heteroatoms. The minimum Gasteiger partial charge on any atom is -0.393 e. The van der Waals surface area contributed by atoms with Crippen molar-refractivity contribution in [1.82, 2.24) is 10.3 Å². The van der Waals surface area contributed by atoms with Crippen molar-refractivity contribution in [2.24, 2.45) is 0 Å². The number of aliphatic hydroxyl groups is 1. The molecule has 1 aromatic heterocycles. The van der Waals surface area contributed by atoms with E-state index >= 15 is 0 Å².